The minimum atomic E-state index is -4.77. The van der Waals surface area contributed by atoms with Crippen LogP contribution in [-0.4, -0.2) is 14.2 Å². The summed E-state index contributed by atoms with van der Waals surface area (Å²) in [6.07, 6.45) is 0. The molecule has 1 aromatic rings. The largest absolute Gasteiger partial charge is 0.355 e. The Morgan fingerprint density at radius 2 is 1.76 bits per heavy atom. The Labute approximate surface area is 96.0 Å². The van der Waals surface area contributed by atoms with Gasteiger partial charge in [0, 0.05) is 0 Å². The molecule has 17 heavy (non-hydrogen) atoms. The molecule has 0 aliphatic rings. The van der Waals surface area contributed by atoms with E-state index in [4.69, 9.17) is 10.5 Å². The average Bonchev–Trinajstić information content (AvgIpc) is 2.28. The van der Waals surface area contributed by atoms with E-state index in [0.29, 0.717) is 0 Å². The van der Waals surface area contributed by atoms with Crippen LogP contribution >= 0.6 is 0 Å². The molecule has 1 rings (SSSR count). The quantitative estimate of drug-likeness (QED) is 0.885. The fourth-order valence-corrected chi connectivity index (χ4v) is 1.55. The van der Waals surface area contributed by atoms with Crippen LogP contribution in [0.25, 0.3) is 0 Å². The molecule has 1 aromatic carbocycles. The van der Waals surface area contributed by atoms with Gasteiger partial charge in [0.1, 0.15) is 12.1 Å². The molecule has 0 spiro atoms. The van der Waals surface area contributed by atoms with Crippen LogP contribution in [0.5, 0.6) is 0 Å². The van der Waals surface area contributed by atoms with Crippen molar-refractivity contribution in [2.24, 2.45) is 0 Å². The number of nitrogens with one attached hydrogen (secondary N) is 1. The third-order valence-electron chi connectivity index (χ3n) is 1.76. The van der Waals surface area contributed by atoms with Gasteiger partial charge in [-0.05, 0) is 18.2 Å². The summed E-state index contributed by atoms with van der Waals surface area (Å²) in [6.45, 7) is 0. The van der Waals surface area contributed by atoms with Crippen molar-refractivity contribution < 1.29 is 17.2 Å². The SMILES string of the molecule is N#Cc1ccc(NS(=O)(=O)C(F)F)cc1C#N. The van der Waals surface area contributed by atoms with Gasteiger partial charge in [-0.15, -0.1) is 0 Å². The predicted octanol–water partition coefficient (Wildman–Crippen LogP) is 1.39. The van der Waals surface area contributed by atoms with E-state index in [9.17, 15) is 17.2 Å². The Balaban J connectivity index is 3.13. The van der Waals surface area contributed by atoms with Crippen molar-refractivity contribution in [2.45, 2.75) is 5.76 Å². The van der Waals surface area contributed by atoms with Crippen LogP contribution in [0.3, 0.4) is 0 Å². The first-order chi connectivity index (χ1) is 7.90. The highest BCUT2D eigenvalue weighted by Crippen LogP contribution is 2.17. The Hall–Kier alpha value is -2.19. The van der Waals surface area contributed by atoms with Crippen LogP contribution in [0.2, 0.25) is 0 Å². The van der Waals surface area contributed by atoms with Crippen LogP contribution < -0.4 is 4.72 Å². The molecule has 0 aliphatic heterocycles. The van der Waals surface area contributed by atoms with Gasteiger partial charge in [0.2, 0.25) is 0 Å². The van der Waals surface area contributed by atoms with Crippen molar-refractivity contribution in [2.75, 3.05) is 4.72 Å². The van der Waals surface area contributed by atoms with Gasteiger partial charge in [0.25, 0.3) is 10.0 Å². The van der Waals surface area contributed by atoms with Crippen LogP contribution in [0, 0.1) is 22.7 Å². The molecule has 0 radical (unpaired) electrons. The van der Waals surface area contributed by atoms with E-state index in [1.54, 1.807) is 16.9 Å². The Bertz CT molecular complexity index is 614. The van der Waals surface area contributed by atoms with Gasteiger partial charge < -0.3 is 0 Å². The van der Waals surface area contributed by atoms with E-state index in [0.717, 1.165) is 12.1 Å². The fourth-order valence-electron chi connectivity index (χ4n) is 1.01. The summed E-state index contributed by atoms with van der Waals surface area (Å²) in [5.41, 5.74) is -0.254. The lowest BCUT2D eigenvalue weighted by molar-refractivity contribution is 0.236. The summed E-state index contributed by atoms with van der Waals surface area (Å²) >= 11 is 0. The molecule has 1 N–H and O–H groups in total. The molecule has 88 valence electrons. The number of rotatable bonds is 3. The zero-order valence-corrected chi connectivity index (χ0v) is 9.00. The summed E-state index contributed by atoms with van der Waals surface area (Å²) in [5.74, 6) is -3.57. The number of anilines is 1. The molecule has 0 aromatic heterocycles. The lowest BCUT2D eigenvalue weighted by atomic mass is 10.1. The Morgan fingerprint density at radius 1 is 1.18 bits per heavy atom. The fraction of sp³-hybridized carbons (Fsp3) is 0.111. The van der Waals surface area contributed by atoms with Crippen molar-refractivity contribution in [1.29, 1.82) is 10.5 Å². The molecule has 0 saturated carbocycles. The first kappa shape index (κ1) is 12.9. The summed E-state index contributed by atoms with van der Waals surface area (Å²) in [7, 11) is -4.77. The Morgan fingerprint density at radius 3 is 2.24 bits per heavy atom. The molecule has 0 saturated heterocycles. The van der Waals surface area contributed by atoms with E-state index in [-0.39, 0.29) is 16.8 Å². The number of sulfonamides is 1. The summed E-state index contributed by atoms with van der Waals surface area (Å²) in [4.78, 5) is 0. The lowest BCUT2D eigenvalue weighted by Gasteiger charge is -2.07. The van der Waals surface area contributed by atoms with Gasteiger partial charge in [0.05, 0.1) is 16.8 Å². The monoisotopic (exact) mass is 257 g/mol. The molecule has 0 heterocycles. The van der Waals surface area contributed by atoms with Crippen molar-refractivity contribution in [3.8, 4) is 12.1 Å². The molecule has 5 nitrogen and oxygen atoms in total. The molecule has 0 atom stereocenters. The number of nitriles is 2. The summed E-state index contributed by atoms with van der Waals surface area (Å²) in [6, 6.07) is 6.67. The minimum absolute atomic E-state index is 0.0347. The molecular weight excluding hydrogens is 252 g/mol. The number of hydrogen-bond acceptors (Lipinski definition) is 4. The zero-order valence-electron chi connectivity index (χ0n) is 8.18. The minimum Gasteiger partial charge on any atom is -0.279 e. The average molecular weight is 257 g/mol. The molecule has 0 unspecified atom stereocenters. The van der Waals surface area contributed by atoms with Crippen LogP contribution in [-0.2, 0) is 10.0 Å². The Kier molecular flexibility index (Phi) is 3.61. The van der Waals surface area contributed by atoms with E-state index in [1.807, 2.05) is 0 Å². The van der Waals surface area contributed by atoms with Gasteiger partial charge >= 0.3 is 5.76 Å². The van der Waals surface area contributed by atoms with Crippen LogP contribution in [0.4, 0.5) is 14.5 Å². The van der Waals surface area contributed by atoms with Crippen molar-refractivity contribution in [1.82, 2.24) is 0 Å². The maximum Gasteiger partial charge on any atom is 0.355 e. The van der Waals surface area contributed by atoms with Gasteiger partial charge in [-0.25, -0.2) is 8.42 Å². The van der Waals surface area contributed by atoms with E-state index >= 15 is 0 Å². The van der Waals surface area contributed by atoms with Crippen molar-refractivity contribution in [3.63, 3.8) is 0 Å². The molecule has 0 bridgehead atoms. The van der Waals surface area contributed by atoms with Gasteiger partial charge in [-0.3, -0.25) is 4.72 Å². The number of halogens is 2. The normalized spacial score (nSPS) is 10.6. The van der Waals surface area contributed by atoms with Gasteiger partial charge in [-0.1, -0.05) is 0 Å². The van der Waals surface area contributed by atoms with Gasteiger partial charge in [0.15, 0.2) is 0 Å². The number of benzene rings is 1. The second-order valence-corrected chi connectivity index (χ2v) is 4.54. The topological polar surface area (TPSA) is 93.8 Å². The highest BCUT2D eigenvalue weighted by molar-refractivity contribution is 7.93. The standard InChI is InChI=1S/C9H5F2N3O2S/c10-9(11)17(15,16)14-8-2-1-6(4-12)7(3-8)5-13/h1-3,9,14H. The third-order valence-corrected chi connectivity index (χ3v) is 2.74. The number of alkyl halides is 2. The van der Waals surface area contributed by atoms with Crippen molar-refractivity contribution >= 4 is 15.7 Å². The maximum absolute atomic E-state index is 12.1. The molecule has 0 fully saturated rings. The first-order valence-electron chi connectivity index (χ1n) is 4.14. The highest BCUT2D eigenvalue weighted by atomic mass is 32.2. The van der Waals surface area contributed by atoms with Crippen molar-refractivity contribution in [3.05, 3.63) is 29.3 Å². The van der Waals surface area contributed by atoms with Gasteiger partial charge in [-0.2, -0.15) is 19.3 Å². The number of hydrogen-bond donors (Lipinski definition) is 1. The predicted molar refractivity (Wildman–Crippen MR) is 54.4 cm³/mol. The van der Waals surface area contributed by atoms with Crippen LogP contribution in [0.15, 0.2) is 18.2 Å². The molecule has 8 heteroatoms. The summed E-state index contributed by atoms with van der Waals surface area (Å²) in [5, 5.41) is 17.3. The molecule has 0 amide bonds. The zero-order chi connectivity index (χ0) is 13.1. The van der Waals surface area contributed by atoms with E-state index < -0.39 is 15.8 Å². The summed E-state index contributed by atoms with van der Waals surface area (Å²) < 4.78 is 47.4. The second-order valence-electron chi connectivity index (χ2n) is 2.89. The lowest BCUT2D eigenvalue weighted by Crippen LogP contribution is -2.20. The smallest absolute Gasteiger partial charge is 0.279 e. The molecular formula is C9H5F2N3O2S. The van der Waals surface area contributed by atoms with E-state index in [1.165, 1.54) is 6.07 Å². The maximum atomic E-state index is 12.1. The van der Waals surface area contributed by atoms with E-state index in [2.05, 4.69) is 0 Å². The third kappa shape index (κ3) is 2.89. The first-order valence-corrected chi connectivity index (χ1v) is 5.69. The second kappa shape index (κ2) is 4.76. The molecule has 0 aliphatic carbocycles. The number of nitrogens with zero attached hydrogens (tertiary/aromatic N) is 2. The van der Waals surface area contributed by atoms with Crippen LogP contribution in [0.1, 0.15) is 11.1 Å². The highest BCUT2D eigenvalue weighted by Gasteiger charge is 2.23.